The van der Waals surface area contributed by atoms with Gasteiger partial charge in [-0.3, -0.25) is 4.79 Å². The molecule has 0 unspecified atom stereocenters. The summed E-state index contributed by atoms with van der Waals surface area (Å²) in [5.41, 5.74) is 3.40. The van der Waals surface area contributed by atoms with Gasteiger partial charge in [-0.15, -0.1) is 0 Å². The maximum absolute atomic E-state index is 12.2. The zero-order valence-electron chi connectivity index (χ0n) is 20.8. The zero-order valence-corrected chi connectivity index (χ0v) is 20.8. The van der Waals surface area contributed by atoms with Crippen LogP contribution >= 0.6 is 0 Å². The molecular weight excluding hydrogens is 462 g/mol. The third-order valence-corrected chi connectivity index (χ3v) is 5.13. The molecule has 0 bridgehead atoms. The maximum atomic E-state index is 12.2. The molecule has 0 aromatic heterocycles. The maximum Gasteiger partial charge on any atom is 0.337 e. The lowest BCUT2D eigenvalue weighted by atomic mass is 9.87. The molecular formula is C28H29NO7. The number of rotatable bonds is 5. The molecule has 36 heavy (non-hydrogen) atoms. The summed E-state index contributed by atoms with van der Waals surface area (Å²) in [5.74, 6) is -2.13. The van der Waals surface area contributed by atoms with E-state index >= 15 is 0 Å². The van der Waals surface area contributed by atoms with Gasteiger partial charge >= 0.3 is 17.9 Å². The molecule has 0 saturated carbocycles. The fourth-order valence-corrected chi connectivity index (χ4v) is 3.00. The highest BCUT2D eigenvalue weighted by molar-refractivity contribution is 6.04. The number of amides is 1. The normalized spacial score (nSPS) is 10.4. The molecule has 0 saturated heterocycles. The summed E-state index contributed by atoms with van der Waals surface area (Å²) in [5, 5.41) is 11.4. The number of nitrogens with one attached hydrogen (secondary N) is 1. The monoisotopic (exact) mass is 491 g/mol. The number of methoxy groups -OCH3 is 2. The molecule has 0 radical (unpaired) electrons. The smallest absolute Gasteiger partial charge is 0.337 e. The van der Waals surface area contributed by atoms with Crippen molar-refractivity contribution < 1.29 is 33.8 Å². The van der Waals surface area contributed by atoms with Crippen LogP contribution in [0, 0.1) is 0 Å². The molecule has 0 atom stereocenters. The summed E-state index contributed by atoms with van der Waals surface area (Å²) in [6.07, 6.45) is 0. The van der Waals surface area contributed by atoms with Gasteiger partial charge in [-0.2, -0.15) is 0 Å². The molecule has 0 aliphatic carbocycles. The largest absolute Gasteiger partial charge is 0.478 e. The van der Waals surface area contributed by atoms with E-state index in [9.17, 15) is 19.2 Å². The van der Waals surface area contributed by atoms with Crippen LogP contribution in [-0.2, 0) is 14.9 Å². The molecule has 3 aromatic rings. The Kier molecular flexibility index (Phi) is 9.50. The Morgan fingerprint density at radius 2 is 1.03 bits per heavy atom. The average molecular weight is 492 g/mol. The van der Waals surface area contributed by atoms with E-state index in [4.69, 9.17) is 5.11 Å². The Bertz CT molecular complexity index is 1210. The molecule has 1 amide bonds. The number of hydrogen-bond acceptors (Lipinski definition) is 6. The molecule has 0 aliphatic heterocycles. The van der Waals surface area contributed by atoms with E-state index in [1.807, 2.05) is 24.3 Å². The molecule has 3 rings (SSSR count). The van der Waals surface area contributed by atoms with Crippen LogP contribution in [0.15, 0.2) is 72.8 Å². The summed E-state index contributed by atoms with van der Waals surface area (Å²) in [6.45, 7) is 6.43. The van der Waals surface area contributed by atoms with E-state index in [1.54, 1.807) is 24.3 Å². The summed E-state index contributed by atoms with van der Waals surface area (Å²) in [6, 6.07) is 19.7. The number of anilines is 1. The van der Waals surface area contributed by atoms with E-state index < -0.39 is 17.9 Å². The third kappa shape index (κ3) is 7.80. The van der Waals surface area contributed by atoms with Crippen molar-refractivity contribution in [3.05, 3.63) is 101 Å². The van der Waals surface area contributed by atoms with Crippen molar-refractivity contribution in [2.75, 3.05) is 19.5 Å². The van der Waals surface area contributed by atoms with Crippen LogP contribution in [0.2, 0.25) is 0 Å². The van der Waals surface area contributed by atoms with Gasteiger partial charge < -0.3 is 19.9 Å². The predicted molar refractivity (Wildman–Crippen MR) is 136 cm³/mol. The zero-order chi connectivity index (χ0) is 26.9. The van der Waals surface area contributed by atoms with Gasteiger partial charge in [0.25, 0.3) is 5.91 Å². The number of hydrogen-bond donors (Lipinski definition) is 2. The SMILES string of the molecule is COC(=O)c1ccc(C(=O)Nc2ccc(C(C)(C)C)cc2)cc1.COC(=O)c1ccc(C(=O)O)cc1. The second-order valence-electron chi connectivity index (χ2n) is 8.72. The van der Waals surface area contributed by atoms with E-state index in [-0.39, 0.29) is 16.9 Å². The fraction of sp³-hybridized carbons (Fsp3) is 0.214. The number of benzene rings is 3. The highest BCUT2D eigenvalue weighted by Gasteiger charge is 2.14. The van der Waals surface area contributed by atoms with Crippen LogP contribution in [0.25, 0.3) is 0 Å². The van der Waals surface area contributed by atoms with E-state index in [2.05, 4.69) is 35.6 Å². The fourth-order valence-electron chi connectivity index (χ4n) is 3.00. The van der Waals surface area contributed by atoms with Crippen molar-refractivity contribution in [3.8, 4) is 0 Å². The van der Waals surface area contributed by atoms with Crippen molar-refractivity contribution in [1.82, 2.24) is 0 Å². The quantitative estimate of drug-likeness (QED) is 0.471. The summed E-state index contributed by atoms with van der Waals surface area (Å²) < 4.78 is 9.08. The molecule has 188 valence electrons. The molecule has 0 aliphatic rings. The lowest BCUT2D eigenvalue weighted by Gasteiger charge is -2.19. The Morgan fingerprint density at radius 1 is 0.639 bits per heavy atom. The Balaban J connectivity index is 0.000000297. The number of carbonyl (C=O) groups excluding carboxylic acids is 3. The lowest BCUT2D eigenvalue weighted by Crippen LogP contribution is -2.14. The molecule has 0 spiro atoms. The summed E-state index contributed by atoms with van der Waals surface area (Å²) >= 11 is 0. The number of aromatic carboxylic acids is 1. The van der Waals surface area contributed by atoms with Crippen LogP contribution in [-0.4, -0.2) is 43.1 Å². The number of carboxylic acid groups (broad SMARTS) is 1. The average Bonchev–Trinajstić information content (AvgIpc) is 2.88. The second kappa shape index (κ2) is 12.3. The van der Waals surface area contributed by atoms with E-state index in [0.717, 1.165) is 5.69 Å². The number of ether oxygens (including phenoxy) is 2. The van der Waals surface area contributed by atoms with Gasteiger partial charge in [-0.1, -0.05) is 32.9 Å². The van der Waals surface area contributed by atoms with Gasteiger partial charge in [0.2, 0.25) is 0 Å². The first-order valence-electron chi connectivity index (χ1n) is 11.0. The summed E-state index contributed by atoms with van der Waals surface area (Å²) in [4.78, 5) is 45.0. The van der Waals surface area contributed by atoms with Gasteiger partial charge in [0.15, 0.2) is 0 Å². The highest BCUT2D eigenvalue weighted by Crippen LogP contribution is 2.23. The van der Waals surface area contributed by atoms with Crippen LogP contribution in [0.3, 0.4) is 0 Å². The molecule has 3 aromatic carbocycles. The van der Waals surface area contributed by atoms with E-state index in [0.29, 0.717) is 16.7 Å². The van der Waals surface area contributed by atoms with Crippen molar-refractivity contribution in [1.29, 1.82) is 0 Å². The number of carbonyl (C=O) groups is 4. The van der Waals surface area contributed by atoms with Crippen molar-refractivity contribution >= 4 is 29.5 Å². The lowest BCUT2D eigenvalue weighted by molar-refractivity contribution is 0.0591. The first-order chi connectivity index (χ1) is 17.0. The highest BCUT2D eigenvalue weighted by atomic mass is 16.5. The number of carboxylic acids is 1. The molecule has 0 fully saturated rings. The van der Waals surface area contributed by atoms with Gasteiger partial charge in [0.05, 0.1) is 30.9 Å². The van der Waals surface area contributed by atoms with E-state index in [1.165, 1.54) is 44.0 Å². The minimum atomic E-state index is -1.02. The number of esters is 2. The van der Waals surface area contributed by atoms with Crippen molar-refractivity contribution in [2.24, 2.45) is 0 Å². The standard InChI is InChI=1S/C19H21NO3.C9H8O4/c1-19(2,3)15-9-11-16(12-10-15)20-17(21)13-5-7-14(8-6-13)18(22)23-4;1-13-9(12)7-4-2-6(3-5-7)8(10)11/h5-12H,1-4H3,(H,20,21);2-5H,1H3,(H,10,11). The van der Waals surface area contributed by atoms with Crippen molar-refractivity contribution in [2.45, 2.75) is 26.2 Å². The predicted octanol–water partition coefficient (Wildman–Crippen LogP) is 5.19. The van der Waals surface area contributed by atoms with Gasteiger partial charge in [-0.05, 0) is 71.6 Å². The van der Waals surface area contributed by atoms with Gasteiger partial charge in [-0.25, -0.2) is 14.4 Å². The first-order valence-corrected chi connectivity index (χ1v) is 11.0. The Hall–Kier alpha value is -4.46. The van der Waals surface area contributed by atoms with Crippen LogP contribution in [0.4, 0.5) is 5.69 Å². The van der Waals surface area contributed by atoms with Crippen LogP contribution in [0.1, 0.15) is 67.8 Å². The Labute approximate surface area is 209 Å². The topological polar surface area (TPSA) is 119 Å². The molecule has 8 nitrogen and oxygen atoms in total. The van der Waals surface area contributed by atoms with Gasteiger partial charge in [0, 0.05) is 11.3 Å². The Morgan fingerprint density at radius 3 is 1.39 bits per heavy atom. The molecule has 0 heterocycles. The van der Waals surface area contributed by atoms with Crippen LogP contribution < -0.4 is 5.32 Å². The first kappa shape index (κ1) is 27.8. The van der Waals surface area contributed by atoms with Crippen molar-refractivity contribution in [3.63, 3.8) is 0 Å². The second-order valence-corrected chi connectivity index (χ2v) is 8.72. The molecule has 2 N–H and O–H groups in total. The molecule has 8 heteroatoms. The third-order valence-electron chi connectivity index (χ3n) is 5.13. The van der Waals surface area contributed by atoms with Gasteiger partial charge in [0.1, 0.15) is 0 Å². The summed E-state index contributed by atoms with van der Waals surface area (Å²) in [7, 11) is 2.59. The minimum absolute atomic E-state index is 0.0757. The van der Waals surface area contributed by atoms with Crippen LogP contribution in [0.5, 0.6) is 0 Å². The minimum Gasteiger partial charge on any atom is -0.478 e.